The van der Waals surface area contributed by atoms with Crippen LogP contribution >= 0.6 is 27.3 Å². The monoisotopic (exact) mass is 290 g/mol. The molecule has 15 heavy (non-hydrogen) atoms. The SMILES string of the molecule is CC(C)CC(N)CNCc1cc(Br)cs1. The number of rotatable bonds is 6. The molecular weight excluding hydrogens is 272 g/mol. The minimum Gasteiger partial charge on any atom is -0.327 e. The molecule has 0 radical (unpaired) electrons. The van der Waals surface area contributed by atoms with E-state index in [4.69, 9.17) is 5.73 Å². The number of nitrogens with one attached hydrogen (secondary N) is 1. The van der Waals surface area contributed by atoms with Gasteiger partial charge in [-0.2, -0.15) is 0 Å². The van der Waals surface area contributed by atoms with E-state index < -0.39 is 0 Å². The fraction of sp³-hybridized carbons (Fsp3) is 0.636. The summed E-state index contributed by atoms with van der Waals surface area (Å²) in [4.78, 5) is 1.35. The molecule has 0 spiro atoms. The van der Waals surface area contributed by atoms with Crippen LogP contribution in [-0.4, -0.2) is 12.6 Å². The van der Waals surface area contributed by atoms with E-state index in [9.17, 15) is 0 Å². The Balaban J connectivity index is 2.16. The Kier molecular flexibility index (Phi) is 5.82. The summed E-state index contributed by atoms with van der Waals surface area (Å²) in [6.45, 7) is 6.22. The van der Waals surface area contributed by atoms with Gasteiger partial charge in [-0.25, -0.2) is 0 Å². The molecule has 2 nitrogen and oxygen atoms in total. The van der Waals surface area contributed by atoms with Gasteiger partial charge >= 0.3 is 0 Å². The number of thiophene rings is 1. The van der Waals surface area contributed by atoms with Gasteiger partial charge in [-0.1, -0.05) is 13.8 Å². The molecule has 1 aromatic heterocycles. The zero-order chi connectivity index (χ0) is 11.3. The van der Waals surface area contributed by atoms with Crippen LogP contribution in [0.2, 0.25) is 0 Å². The maximum atomic E-state index is 5.98. The molecule has 4 heteroatoms. The molecule has 0 bridgehead atoms. The smallest absolute Gasteiger partial charge is 0.0300 e. The van der Waals surface area contributed by atoms with Crippen molar-refractivity contribution in [3.8, 4) is 0 Å². The minimum atomic E-state index is 0.272. The average molecular weight is 291 g/mol. The van der Waals surface area contributed by atoms with Crippen molar-refractivity contribution in [3.05, 3.63) is 20.8 Å². The third kappa shape index (κ3) is 5.66. The lowest BCUT2D eigenvalue weighted by Crippen LogP contribution is -2.34. The molecule has 0 aliphatic carbocycles. The van der Waals surface area contributed by atoms with E-state index in [1.807, 2.05) is 0 Å². The van der Waals surface area contributed by atoms with E-state index in [-0.39, 0.29) is 6.04 Å². The van der Waals surface area contributed by atoms with Crippen LogP contribution in [0.15, 0.2) is 15.9 Å². The summed E-state index contributed by atoms with van der Waals surface area (Å²) in [6.07, 6.45) is 1.08. The molecule has 0 amide bonds. The molecule has 1 atom stereocenters. The highest BCUT2D eigenvalue weighted by atomic mass is 79.9. The third-order valence-corrected chi connectivity index (χ3v) is 3.80. The molecule has 86 valence electrons. The van der Waals surface area contributed by atoms with Crippen molar-refractivity contribution in [2.75, 3.05) is 6.54 Å². The molecule has 0 fully saturated rings. The van der Waals surface area contributed by atoms with Crippen molar-refractivity contribution in [2.24, 2.45) is 11.7 Å². The van der Waals surface area contributed by atoms with Crippen molar-refractivity contribution < 1.29 is 0 Å². The van der Waals surface area contributed by atoms with Crippen LogP contribution in [0.1, 0.15) is 25.1 Å². The lowest BCUT2D eigenvalue weighted by Gasteiger charge is -2.14. The lowest BCUT2D eigenvalue weighted by atomic mass is 10.0. The van der Waals surface area contributed by atoms with Gasteiger partial charge in [0.2, 0.25) is 0 Å². The van der Waals surface area contributed by atoms with Gasteiger partial charge in [0, 0.05) is 33.9 Å². The van der Waals surface area contributed by atoms with Crippen LogP contribution in [0.25, 0.3) is 0 Å². The fourth-order valence-corrected chi connectivity index (χ4v) is 2.94. The summed E-state index contributed by atoms with van der Waals surface area (Å²) in [7, 11) is 0. The Hall–Kier alpha value is 0.1000. The zero-order valence-electron chi connectivity index (χ0n) is 9.29. The normalized spacial score (nSPS) is 13.4. The second kappa shape index (κ2) is 6.63. The summed E-state index contributed by atoms with van der Waals surface area (Å²) in [6, 6.07) is 2.42. The Morgan fingerprint density at radius 1 is 1.53 bits per heavy atom. The lowest BCUT2D eigenvalue weighted by molar-refractivity contribution is 0.468. The molecule has 0 saturated carbocycles. The molecule has 3 N–H and O–H groups in total. The Labute approximate surface area is 104 Å². The number of hydrogen-bond donors (Lipinski definition) is 2. The van der Waals surface area contributed by atoms with Gasteiger partial charge in [-0.05, 0) is 34.3 Å². The summed E-state index contributed by atoms with van der Waals surface area (Å²) < 4.78 is 1.16. The third-order valence-electron chi connectivity index (χ3n) is 2.10. The number of hydrogen-bond acceptors (Lipinski definition) is 3. The van der Waals surface area contributed by atoms with Crippen LogP contribution in [-0.2, 0) is 6.54 Å². The largest absolute Gasteiger partial charge is 0.327 e. The second-order valence-electron chi connectivity index (χ2n) is 4.25. The van der Waals surface area contributed by atoms with Crippen molar-refractivity contribution in [3.63, 3.8) is 0 Å². The van der Waals surface area contributed by atoms with Gasteiger partial charge in [0.15, 0.2) is 0 Å². The van der Waals surface area contributed by atoms with E-state index in [1.165, 1.54) is 4.88 Å². The summed E-state index contributed by atoms with van der Waals surface area (Å²) in [5.41, 5.74) is 5.98. The van der Waals surface area contributed by atoms with Gasteiger partial charge in [-0.3, -0.25) is 0 Å². The Morgan fingerprint density at radius 3 is 2.80 bits per heavy atom. The molecule has 1 heterocycles. The fourth-order valence-electron chi connectivity index (χ4n) is 1.52. The summed E-state index contributed by atoms with van der Waals surface area (Å²) in [5.74, 6) is 0.678. The van der Waals surface area contributed by atoms with E-state index >= 15 is 0 Å². The molecule has 0 aliphatic rings. The van der Waals surface area contributed by atoms with Crippen molar-refractivity contribution >= 4 is 27.3 Å². The highest BCUT2D eigenvalue weighted by Crippen LogP contribution is 2.19. The van der Waals surface area contributed by atoms with E-state index in [0.717, 1.165) is 24.0 Å². The van der Waals surface area contributed by atoms with Crippen molar-refractivity contribution in [1.82, 2.24) is 5.32 Å². The molecule has 1 aromatic rings. The second-order valence-corrected chi connectivity index (χ2v) is 6.16. The molecular formula is C11H19BrN2S. The number of nitrogens with two attached hydrogens (primary N) is 1. The first kappa shape index (κ1) is 13.2. The van der Waals surface area contributed by atoms with E-state index in [2.05, 4.69) is 46.5 Å². The van der Waals surface area contributed by atoms with Crippen LogP contribution < -0.4 is 11.1 Å². The minimum absolute atomic E-state index is 0.272. The highest BCUT2D eigenvalue weighted by Gasteiger charge is 2.05. The standard InChI is InChI=1S/C11H19BrN2S/c1-8(2)3-10(13)5-14-6-11-4-9(12)7-15-11/h4,7-8,10,14H,3,5-6,13H2,1-2H3. The first-order chi connectivity index (χ1) is 7.08. The molecule has 0 aromatic carbocycles. The Bertz CT molecular complexity index is 286. The van der Waals surface area contributed by atoms with Crippen molar-refractivity contribution in [2.45, 2.75) is 32.9 Å². The first-order valence-corrected chi connectivity index (χ1v) is 6.94. The van der Waals surface area contributed by atoms with Crippen LogP contribution in [0.5, 0.6) is 0 Å². The van der Waals surface area contributed by atoms with Gasteiger partial charge in [0.1, 0.15) is 0 Å². The maximum Gasteiger partial charge on any atom is 0.0300 e. The molecule has 0 saturated heterocycles. The van der Waals surface area contributed by atoms with Crippen LogP contribution in [0.3, 0.4) is 0 Å². The van der Waals surface area contributed by atoms with Gasteiger partial charge in [0.25, 0.3) is 0 Å². The van der Waals surface area contributed by atoms with E-state index in [0.29, 0.717) is 5.92 Å². The highest BCUT2D eigenvalue weighted by molar-refractivity contribution is 9.10. The van der Waals surface area contributed by atoms with Gasteiger partial charge in [-0.15, -0.1) is 11.3 Å². The summed E-state index contributed by atoms with van der Waals surface area (Å²) in [5, 5.41) is 5.49. The van der Waals surface area contributed by atoms with Crippen molar-refractivity contribution in [1.29, 1.82) is 0 Å². The summed E-state index contributed by atoms with van der Waals surface area (Å²) >= 11 is 5.21. The topological polar surface area (TPSA) is 38.0 Å². The van der Waals surface area contributed by atoms with Gasteiger partial charge in [0.05, 0.1) is 0 Å². The first-order valence-electron chi connectivity index (χ1n) is 5.27. The van der Waals surface area contributed by atoms with Gasteiger partial charge < -0.3 is 11.1 Å². The maximum absolute atomic E-state index is 5.98. The van der Waals surface area contributed by atoms with E-state index in [1.54, 1.807) is 11.3 Å². The predicted octanol–water partition coefficient (Wildman–Crippen LogP) is 2.97. The predicted molar refractivity (Wildman–Crippen MR) is 71.2 cm³/mol. The Morgan fingerprint density at radius 2 is 2.27 bits per heavy atom. The molecule has 1 unspecified atom stereocenters. The molecule has 0 aliphatic heterocycles. The average Bonchev–Trinajstić information content (AvgIpc) is 2.50. The van der Waals surface area contributed by atoms with Crippen LogP contribution in [0, 0.1) is 5.92 Å². The quantitative estimate of drug-likeness (QED) is 0.845. The zero-order valence-corrected chi connectivity index (χ0v) is 11.7. The number of halogens is 1. The van der Waals surface area contributed by atoms with Crippen LogP contribution in [0.4, 0.5) is 0 Å². The molecule has 1 rings (SSSR count).